The minimum atomic E-state index is 0.00438. The highest BCUT2D eigenvalue weighted by Crippen LogP contribution is 2.24. The number of hydrogen-bond acceptors (Lipinski definition) is 3. The molecule has 0 aromatic carbocycles. The fraction of sp³-hybridized carbons (Fsp3) is 0.714. The lowest BCUT2D eigenvalue weighted by atomic mass is 9.86. The average Bonchev–Trinajstić information content (AvgIpc) is 2.24. The first-order valence-electron chi connectivity index (χ1n) is 6.05. The van der Waals surface area contributed by atoms with Gasteiger partial charge in [-0.3, -0.25) is 4.79 Å². The summed E-state index contributed by atoms with van der Waals surface area (Å²) in [6, 6.07) is 0. The Kier molecular flexibility index (Phi) is 7.72. The first-order chi connectivity index (χ1) is 7.87. The lowest BCUT2D eigenvalue weighted by molar-refractivity contribution is -0.123. The molecule has 0 aromatic heterocycles. The summed E-state index contributed by atoms with van der Waals surface area (Å²) in [7, 11) is 1.66. The van der Waals surface area contributed by atoms with Crippen LogP contribution < -0.4 is 0 Å². The molecule has 0 aromatic rings. The van der Waals surface area contributed by atoms with Gasteiger partial charge in [0.15, 0.2) is 0 Å². The van der Waals surface area contributed by atoms with Gasteiger partial charge in [-0.1, -0.05) is 26.0 Å². The van der Waals surface area contributed by atoms with Crippen molar-refractivity contribution < 1.29 is 14.3 Å². The molecule has 0 heterocycles. The zero-order valence-electron chi connectivity index (χ0n) is 11.4. The molecule has 0 amide bonds. The van der Waals surface area contributed by atoms with Gasteiger partial charge in [0.05, 0.1) is 6.61 Å². The molecule has 98 valence electrons. The summed E-state index contributed by atoms with van der Waals surface area (Å²) in [5, 5.41) is 0. The van der Waals surface area contributed by atoms with Crippen molar-refractivity contribution in [1.82, 2.24) is 0 Å². The van der Waals surface area contributed by atoms with Crippen LogP contribution in [0.3, 0.4) is 0 Å². The van der Waals surface area contributed by atoms with Crippen LogP contribution in [-0.4, -0.2) is 25.3 Å². The van der Waals surface area contributed by atoms with Gasteiger partial charge >= 0.3 is 0 Å². The molecule has 0 aliphatic heterocycles. The van der Waals surface area contributed by atoms with E-state index >= 15 is 0 Å². The predicted molar refractivity (Wildman–Crippen MR) is 69.0 cm³/mol. The maximum atomic E-state index is 11.5. The van der Waals surface area contributed by atoms with Crippen molar-refractivity contribution in [3.63, 3.8) is 0 Å². The van der Waals surface area contributed by atoms with Gasteiger partial charge < -0.3 is 9.53 Å². The molecule has 0 N–H and O–H groups in total. The molecule has 0 saturated heterocycles. The fourth-order valence-corrected chi connectivity index (χ4v) is 1.45. The number of carbonyl (C=O) groups excluding carboxylic acids is 2. The number of ketones is 2. The largest absolute Gasteiger partial charge is 0.381 e. The van der Waals surface area contributed by atoms with Crippen LogP contribution in [0.25, 0.3) is 0 Å². The van der Waals surface area contributed by atoms with E-state index in [0.29, 0.717) is 25.9 Å². The molecule has 0 bridgehead atoms. The summed E-state index contributed by atoms with van der Waals surface area (Å²) >= 11 is 0. The minimum absolute atomic E-state index is 0.00438. The molecular weight excluding hydrogens is 216 g/mol. The molecule has 3 nitrogen and oxygen atoms in total. The van der Waals surface area contributed by atoms with E-state index < -0.39 is 0 Å². The Morgan fingerprint density at radius 1 is 1.18 bits per heavy atom. The van der Waals surface area contributed by atoms with E-state index in [9.17, 15) is 9.59 Å². The number of Topliss-reactive ketones (excluding diaryl/α,β-unsaturated/α-hetero) is 2. The molecule has 0 rings (SSSR count). The lowest BCUT2D eigenvalue weighted by Crippen LogP contribution is -2.11. The van der Waals surface area contributed by atoms with Crippen LogP contribution in [-0.2, 0) is 14.3 Å². The van der Waals surface area contributed by atoms with Crippen molar-refractivity contribution in [3.05, 3.63) is 12.2 Å². The quantitative estimate of drug-likeness (QED) is 0.582. The monoisotopic (exact) mass is 240 g/mol. The Morgan fingerprint density at radius 3 is 2.35 bits per heavy atom. The highest BCUT2D eigenvalue weighted by Gasteiger charge is 2.15. The number of carbonyl (C=O) groups is 2. The summed E-state index contributed by atoms with van der Waals surface area (Å²) in [5.41, 5.74) is 0.00438. The van der Waals surface area contributed by atoms with E-state index in [4.69, 9.17) is 4.74 Å². The first-order valence-corrected chi connectivity index (χ1v) is 6.05. The van der Waals surface area contributed by atoms with Gasteiger partial charge in [0.2, 0.25) is 0 Å². The zero-order chi connectivity index (χ0) is 13.3. The van der Waals surface area contributed by atoms with Crippen molar-refractivity contribution in [1.29, 1.82) is 0 Å². The lowest BCUT2D eigenvalue weighted by Gasteiger charge is -2.19. The van der Waals surface area contributed by atoms with Gasteiger partial charge in [-0.25, -0.2) is 0 Å². The molecule has 0 unspecified atom stereocenters. The number of hydrogen-bond donors (Lipinski definition) is 0. The second-order valence-electron chi connectivity index (χ2n) is 5.09. The molecule has 0 aliphatic rings. The topological polar surface area (TPSA) is 43.4 Å². The standard InChI is InChI=1S/C14H24O3/c1-12(15)6-7-13(16)8-10-14(2,3)9-5-11-17-4/h5,9H,6-8,10-11H2,1-4H3/b9-5+. The van der Waals surface area contributed by atoms with E-state index in [1.807, 2.05) is 6.08 Å². The molecular formula is C14H24O3. The Hall–Kier alpha value is -0.960. The molecule has 0 atom stereocenters. The van der Waals surface area contributed by atoms with Crippen LogP contribution in [0.4, 0.5) is 0 Å². The van der Waals surface area contributed by atoms with Gasteiger partial charge in [0, 0.05) is 26.4 Å². The molecule has 0 radical (unpaired) electrons. The summed E-state index contributed by atoms with van der Waals surface area (Å²) in [6.45, 7) is 6.31. The Labute approximate surface area is 104 Å². The molecule has 0 spiro atoms. The van der Waals surface area contributed by atoms with Gasteiger partial charge in [-0.2, -0.15) is 0 Å². The van der Waals surface area contributed by atoms with E-state index in [1.54, 1.807) is 7.11 Å². The van der Waals surface area contributed by atoms with Crippen molar-refractivity contribution in [3.8, 4) is 0 Å². The molecule has 3 heteroatoms. The maximum absolute atomic E-state index is 11.5. The van der Waals surface area contributed by atoms with Crippen LogP contribution in [0, 0.1) is 5.41 Å². The van der Waals surface area contributed by atoms with Gasteiger partial charge in [-0.05, 0) is 18.8 Å². The van der Waals surface area contributed by atoms with E-state index in [0.717, 1.165) is 6.42 Å². The minimum Gasteiger partial charge on any atom is -0.381 e. The maximum Gasteiger partial charge on any atom is 0.133 e. The fourth-order valence-electron chi connectivity index (χ4n) is 1.45. The Bertz CT molecular complexity index is 277. The molecule has 0 saturated carbocycles. The van der Waals surface area contributed by atoms with E-state index in [2.05, 4.69) is 19.9 Å². The summed E-state index contributed by atoms with van der Waals surface area (Å²) in [4.78, 5) is 22.3. The molecule has 17 heavy (non-hydrogen) atoms. The smallest absolute Gasteiger partial charge is 0.133 e. The summed E-state index contributed by atoms with van der Waals surface area (Å²) in [6.07, 6.45) is 6.16. The average molecular weight is 240 g/mol. The Morgan fingerprint density at radius 2 is 1.82 bits per heavy atom. The highest BCUT2D eigenvalue weighted by molar-refractivity contribution is 5.84. The van der Waals surface area contributed by atoms with Crippen molar-refractivity contribution in [2.75, 3.05) is 13.7 Å². The third-order valence-corrected chi connectivity index (χ3v) is 2.64. The second kappa shape index (κ2) is 8.18. The van der Waals surface area contributed by atoms with Crippen LogP contribution in [0.2, 0.25) is 0 Å². The highest BCUT2D eigenvalue weighted by atomic mass is 16.5. The normalized spacial score (nSPS) is 12.0. The van der Waals surface area contributed by atoms with Gasteiger partial charge in [-0.15, -0.1) is 0 Å². The number of allylic oxidation sites excluding steroid dienone is 1. The Balaban J connectivity index is 3.91. The molecule has 0 fully saturated rings. The van der Waals surface area contributed by atoms with Gasteiger partial charge in [0.25, 0.3) is 0 Å². The summed E-state index contributed by atoms with van der Waals surface area (Å²) in [5.74, 6) is 0.256. The molecule has 0 aliphatic carbocycles. The van der Waals surface area contributed by atoms with Crippen LogP contribution in [0.15, 0.2) is 12.2 Å². The van der Waals surface area contributed by atoms with Gasteiger partial charge in [0.1, 0.15) is 11.6 Å². The van der Waals surface area contributed by atoms with Crippen molar-refractivity contribution in [2.24, 2.45) is 5.41 Å². The third kappa shape index (κ3) is 9.94. The number of rotatable bonds is 9. The van der Waals surface area contributed by atoms with Crippen molar-refractivity contribution >= 4 is 11.6 Å². The van der Waals surface area contributed by atoms with Crippen molar-refractivity contribution in [2.45, 2.75) is 46.5 Å². The first kappa shape index (κ1) is 16.0. The predicted octanol–water partition coefficient (Wildman–Crippen LogP) is 2.93. The van der Waals surface area contributed by atoms with E-state index in [-0.39, 0.29) is 17.0 Å². The van der Waals surface area contributed by atoms with Crippen LogP contribution in [0.1, 0.15) is 46.5 Å². The SMILES string of the molecule is COC/C=C/C(C)(C)CCC(=O)CCC(C)=O. The number of ether oxygens (including phenoxy) is 1. The zero-order valence-corrected chi connectivity index (χ0v) is 11.4. The van der Waals surface area contributed by atoms with Crippen LogP contribution >= 0.6 is 0 Å². The van der Waals surface area contributed by atoms with Crippen LogP contribution in [0.5, 0.6) is 0 Å². The summed E-state index contributed by atoms with van der Waals surface area (Å²) < 4.78 is 4.94. The third-order valence-electron chi connectivity index (χ3n) is 2.64. The number of methoxy groups -OCH3 is 1. The van der Waals surface area contributed by atoms with E-state index in [1.165, 1.54) is 6.92 Å². The second-order valence-corrected chi connectivity index (χ2v) is 5.09.